The maximum absolute atomic E-state index is 11.5. The lowest BCUT2D eigenvalue weighted by atomic mass is 9.98. The summed E-state index contributed by atoms with van der Waals surface area (Å²) in [6, 6.07) is 7.03. The molecule has 1 aromatic rings. The van der Waals surface area contributed by atoms with Crippen molar-refractivity contribution < 1.29 is 9.53 Å². The van der Waals surface area contributed by atoms with E-state index in [9.17, 15) is 4.79 Å². The predicted octanol–water partition coefficient (Wildman–Crippen LogP) is 1.33. The van der Waals surface area contributed by atoms with E-state index in [-0.39, 0.29) is 12.5 Å². The first-order valence-electron chi connectivity index (χ1n) is 5.56. The summed E-state index contributed by atoms with van der Waals surface area (Å²) in [7, 11) is 0. The standard InChI is InChI=1S/C12H15ClN2O2/c13-9-2-4-10(5-3-9)17-8-12(11(14)16)6-1-7-15-12/h2-5,15H,1,6-8H2,(H2,14,16). The second-order valence-corrected chi connectivity index (χ2v) is 4.66. The molecule has 1 saturated heterocycles. The Hall–Kier alpha value is -1.26. The zero-order valence-corrected chi connectivity index (χ0v) is 10.2. The van der Waals surface area contributed by atoms with Gasteiger partial charge in [-0.3, -0.25) is 4.79 Å². The van der Waals surface area contributed by atoms with Gasteiger partial charge in [-0.25, -0.2) is 0 Å². The van der Waals surface area contributed by atoms with Gasteiger partial charge in [0.05, 0.1) is 0 Å². The van der Waals surface area contributed by atoms with Crippen LogP contribution in [0.5, 0.6) is 5.75 Å². The molecule has 1 unspecified atom stereocenters. The lowest BCUT2D eigenvalue weighted by Gasteiger charge is -2.25. The van der Waals surface area contributed by atoms with Crippen molar-refractivity contribution in [3.8, 4) is 5.75 Å². The minimum atomic E-state index is -0.723. The summed E-state index contributed by atoms with van der Waals surface area (Å²) in [6.45, 7) is 1.05. The number of carbonyl (C=O) groups is 1. The fourth-order valence-corrected chi connectivity index (χ4v) is 2.07. The van der Waals surface area contributed by atoms with Gasteiger partial charge < -0.3 is 15.8 Å². The topological polar surface area (TPSA) is 64.4 Å². The Kier molecular flexibility index (Phi) is 3.54. The molecule has 0 aromatic heterocycles. The fourth-order valence-electron chi connectivity index (χ4n) is 1.95. The van der Waals surface area contributed by atoms with Gasteiger partial charge in [0.2, 0.25) is 5.91 Å². The van der Waals surface area contributed by atoms with Crippen LogP contribution in [-0.4, -0.2) is 24.6 Å². The zero-order valence-electron chi connectivity index (χ0n) is 9.41. The van der Waals surface area contributed by atoms with Gasteiger partial charge in [0.25, 0.3) is 0 Å². The van der Waals surface area contributed by atoms with Crippen molar-refractivity contribution in [2.75, 3.05) is 13.2 Å². The number of rotatable bonds is 4. The van der Waals surface area contributed by atoms with Gasteiger partial charge in [-0.05, 0) is 43.7 Å². The van der Waals surface area contributed by atoms with Crippen LogP contribution in [0.2, 0.25) is 5.02 Å². The van der Waals surface area contributed by atoms with Crippen LogP contribution in [0.3, 0.4) is 0 Å². The van der Waals surface area contributed by atoms with Crippen molar-refractivity contribution in [3.05, 3.63) is 29.3 Å². The van der Waals surface area contributed by atoms with E-state index in [1.54, 1.807) is 24.3 Å². The number of amides is 1. The highest BCUT2D eigenvalue weighted by molar-refractivity contribution is 6.30. The molecule has 1 fully saturated rings. The predicted molar refractivity (Wildman–Crippen MR) is 66.1 cm³/mol. The van der Waals surface area contributed by atoms with Crippen LogP contribution in [0.15, 0.2) is 24.3 Å². The molecule has 92 valence electrons. The highest BCUT2D eigenvalue weighted by Gasteiger charge is 2.40. The monoisotopic (exact) mass is 254 g/mol. The number of nitrogens with one attached hydrogen (secondary N) is 1. The molecule has 1 amide bonds. The minimum Gasteiger partial charge on any atom is -0.491 e. The van der Waals surface area contributed by atoms with Crippen molar-refractivity contribution >= 4 is 17.5 Å². The molecular weight excluding hydrogens is 240 g/mol. The van der Waals surface area contributed by atoms with Gasteiger partial charge in [-0.15, -0.1) is 0 Å². The molecule has 4 nitrogen and oxygen atoms in total. The van der Waals surface area contributed by atoms with Gasteiger partial charge in [0.15, 0.2) is 0 Å². The average Bonchev–Trinajstić information content (AvgIpc) is 2.78. The molecule has 17 heavy (non-hydrogen) atoms. The number of carbonyl (C=O) groups excluding carboxylic acids is 1. The molecule has 0 saturated carbocycles. The molecule has 1 aromatic carbocycles. The quantitative estimate of drug-likeness (QED) is 0.852. The van der Waals surface area contributed by atoms with Crippen LogP contribution in [-0.2, 0) is 4.79 Å². The number of hydrogen-bond donors (Lipinski definition) is 2. The first-order chi connectivity index (χ1) is 8.12. The second-order valence-electron chi connectivity index (χ2n) is 4.22. The highest BCUT2D eigenvalue weighted by Crippen LogP contribution is 2.22. The van der Waals surface area contributed by atoms with Crippen LogP contribution in [0, 0.1) is 0 Å². The van der Waals surface area contributed by atoms with E-state index >= 15 is 0 Å². The normalized spacial score (nSPS) is 23.6. The average molecular weight is 255 g/mol. The number of hydrogen-bond acceptors (Lipinski definition) is 3. The number of halogens is 1. The van der Waals surface area contributed by atoms with E-state index in [2.05, 4.69) is 5.32 Å². The van der Waals surface area contributed by atoms with Gasteiger partial charge in [-0.1, -0.05) is 11.6 Å². The Bertz CT molecular complexity index is 399. The summed E-state index contributed by atoms with van der Waals surface area (Å²) < 4.78 is 5.59. The summed E-state index contributed by atoms with van der Waals surface area (Å²) in [5, 5.41) is 3.78. The molecule has 1 atom stereocenters. The molecular formula is C12H15ClN2O2. The molecule has 2 rings (SSSR count). The van der Waals surface area contributed by atoms with Crippen LogP contribution >= 0.6 is 11.6 Å². The Morgan fingerprint density at radius 2 is 2.18 bits per heavy atom. The maximum atomic E-state index is 11.5. The Balaban J connectivity index is 2.00. The molecule has 3 N–H and O–H groups in total. The second kappa shape index (κ2) is 4.94. The van der Waals surface area contributed by atoms with Crippen LogP contribution < -0.4 is 15.8 Å². The van der Waals surface area contributed by atoms with Gasteiger partial charge >= 0.3 is 0 Å². The molecule has 0 bridgehead atoms. The Morgan fingerprint density at radius 3 is 2.71 bits per heavy atom. The van der Waals surface area contributed by atoms with Gasteiger partial charge in [0.1, 0.15) is 17.9 Å². The number of primary amides is 1. The first-order valence-corrected chi connectivity index (χ1v) is 5.93. The van der Waals surface area contributed by atoms with Crippen molar-refractivity contribution in [1.29, 1.82) is 0 Å². The fraction of sp³-hybridized carbons (Fsp3) is 0.417. The first kappa shape index (κ1) is 12.2. The summed E-state index contributed by atoms with van der Waals surface area (Å²) >= 11 is 5.77. The van der Waals surface area contributed by atoms with Crippen molar-refractivity contribution in [3.63, 3.8) is 0 Å². The smallest absolute Gasteiger partial charge is 0.241 e. The molecule has 0 aliphatic carbocycles. The zero-order chi connectivity index (χ0) is 12.3. The van der Waals surface area contributed by atoms with E-state index in [0.29, 0.717) is 10.8 Å². The molecule has 0 spiro atoms. The van der Waals surface area contributed by atoms with Crippen LogP contribution in [0.4, 0.5) is 0 Å². The third kappa shape index (κ3) is 2.70. The summed E-state index contributed by atoms with van der Waals surface area (Å²) in [6.07, 6.45) is 1.66. The van der Waals surface area contributed by atoms with E-state index in [0.717, 1.165) is 19.4 Å². The summed E-state index contributed by atoms with van der Waals surface area (Å²) in [4.78, 5) is 11.5. The number of nitrogens with two attached hydrogens (primary N) is 1. The molecule has 1 aliphatic heterocycles. The van der Waals surface area contributed by atoms with Gasteiger partial charge in [-0.2, -0.15) is 0 Å². The largest absolute Gasteiger partial charge is 0.491 e. The SMILES string of the molecule is NC(=O)C1(COc2ccc(Cl)cc2)CCCN1. The van der Waals surface area contributed by atoms with Crippen molar-refractivity contribution in [2.45, 2.75) is 18.4 Å². The minimum absolute atomic E-state index is 0.254. The number of ether oxygens (including phenoxy) is 1. The molecule has 0 radical (unpaired) electrons. The van der Waals surface area contributed by atoms with Crippen molar-refractivity contribution in [1.82, 2.24) is 5.32 Å². The van der Waals surface area contributed by atoms with E-state index in [4.69, 9.17) is 22.1 Å². The molecule has 1 heterocycles. The number of benzene rings is 1. The van der Waals surface area contributed by atoms with Crippen LogP contribution in [0.25, 0.3) is 0 Å². The maximum Gasteiger partial charge on any atom is 0.241 e. The van der Waals surface area contributed by atoms with E-state index in [1.165, 1.54) is 0 Å². The van der Waals surface area contributed by atoms with Gasteiger partial charge in [0, 0.05) is 5.02 Å². The third-order valence-corrected chi connectivity index (χ3v) is 3.27. The summed E-state index contributed by atoms with van der Waals surface area (Å²) in [5.74, 6) is 0.327. The third-order valence-electron chi connectivity index (χ3n) is 3.01. The van der Waals surface area contributed by atoms with E-state index < -0.39 is 5.54 Å². The Labute approximate surface area is 105 Å². The Morgan fingerprint density at radius 1 is 1.47 bits per heavy atom. The summed E-state index contributed by atoms with van der Waals surface area (Å²) in [5.41, 5.74) is 4.70. The lowest BCUT2D eigenvalue weighted by molar-refractivity contribution is -0.125. The van der Waals surface area contributed by atoms with Crippen LogP contribution in [0.1, 0.15) is 12.8 Å². The highest BCUT2D eigenvalue weighted by atomic mass is 35.5. The van der Waals surface area contributed by atoms with E-state index in [1.807, 2.05) is 0 Å². The molecule has 1 aliphatic rings. The molecule has 5 heteroatoms. The van der Waals surface area contributed by atoms with Crippen molar-refractivity contribution in [2.24, 2.45) is 5.73 Å². The lowest BCUT2D eigenvalue weighted by Crippen LogP contribution is -2.55.